The third-order valence-electron chi connectivity index (χ3n) is 7.89. The second-order valence-electron chi connectivity index (χ2n) is 10.3. The summed E-state index contributed by atoms with van der Waals surface area (Å²) in [6.45, 7) is 0. The van der Waals surface area contributed by atoms with Crippen LogP contribution in [0.3, 0.4) is 0 Å². The second kappa shape index (κ2) is 9.14. The third kappa shape index (κ3) is 3.73. The van der Waals surface area contributed by atoms with Gasteiger partial charge in [-0.15, -0.1) is 0 Å². The predicted octanol–water partition coefficient (Wildman–Crippen LogP) is 10.1. The van der Waals surface area contributed by atoms with Gasteiger partial charge in [0.15, 0.2) is 0 Å². The summed E-state index contributed by atoms with van der Waals surface area (Å²) in [4.78, 5) is 9.67. The molecule has 0 amide bonds. The highest BCUT2D eigenvalue weighted by Gasteiger charge is 2.10. The fraction of sp³-hybridized carbons (Fsp3) is 0. The van der Waals surface area contributed by atoms with Crippen LogP contribution in [0.5, 0.6) is 0 Å². The molecule has 0 unspecified atom stereocenters. The van der Waals surface area contributed by atoms with Gasteiger partial charge in [0.2, 0.25) is 0 Å². The maximum atomic E-state index is 5.05. The van der Waals surface area contributed by atoms with E-state index in [0.29, 0.717) is 0 Å². The molecule has 0 saturated heterocycles. The molecule has 40 heavy (non-hydrogen) atoms. The number of fused-ring (bicyclic) bond motifs is 6. The highest BCUT2D eigenvalue weighted by atomic mass is 14.7. The molecular formula is C38H24N2. The van der Waals surface area contributed by atoms with Crippen molar-refractivity contribution in [2.45, 2.75) is 0 Å². The van der Waals surface area contributed by atoms with Crippen LogP contribution in [-0.2, 0) is 0 Å². The van der Waals surface area contributed by atoms with Crippen LogP contribution < -0.4 is 0 Å². The molecule has 0 radical (unpaired) electrons. The molecule has 8 aromatic rings. The lowest BCUT2D eigenvalue weighted by Crippen LogP contribution is -1.89. The van der Waals surface area contributed by atoms with Gasteiger partial charge in [0.25, 0.3) is 0 Å². The van der Waals surface area contributed by atoms with Crippen LogP contribution in [0, 0.1) is 0 Å². The van der Waals surface area contributed by atoms with Crippen LogP contribution in [0.2, 0.25) is 0 Å². The summed E-state index contributed by atoms with van der Waals surface area (Å²) in [6, 6.07) is 49.7. The van der Waals surface area contributed by atoms with Crippen LogP contribution in [0.15, 0.2) is 146 Å². The molecule has 2 aromatic heterocycles. The van der Waals surface area contributed by atoms with Crippen molar-refractivity contribution in [1.82, 2.24) is 9.97 Å². The quantitative estimate of drug-likeness (QED) is 0.222. The molecule has 0 N–H and O–H groups in total. The molecule has 0 aliphatic rings. The number of pyridine rings is 2. The van der Waals surface area contributed by atoms with Gasteiger partial charge < -0.3 is 0 Å². The van der Waals surface area contributed by atoms with Crippen molar-refractivity contribution in [1.29, 1.82) is 0 Å². The van der Waals surface area contributed by atoms with Crippen molar-refractivity contribution >= 4 is 43.4 Å². The Morgan fingerprint density at radius 1 is 0.375 bits per heavy atom. The van der Waals surface area contributed by atoms with Crippen molar-refractivity contribution in [3.63, 3.8) is 0 Å². The summed E-state index contributed by atoms with van der Waals surface area (Å²) in [5, 5.41) is 7.33. The topological polar surface area (TPSA) is 25.8 Å². The van der Waals surface area contributed by atoms with Crippen molar-refractivity contribution in [2.75, 3.05) is 0 Å². The minimum atomic E-state index is 0.938. The van der Waals surface area contributed by atoms with Crippen molar-refractivity contribution in [2.24, 2.45) is 0 Å². The lowest BCUT2D eigenvalue weighted by Gasteiger charge is -2.12. The average molecular weight is 509 g/mol. The Kier molecular flexibility index (Phi) is 5.17. The van der Waals surface area contributed by atoms with E-state index >= 15 is 0 Å². The summed E-state index contributed by atoms with van der Waals surface area (Å²) < 4.78 is 0. The fourth-order valence-corrected chi connectivity index (χ4v) is 5.88. The monoisotopic (exact) mass is 508 g/mol. The number of benzene rings is 6. The first-order valence-electron chi connectivity index (χ1n) is 13.6. The normalized spacial score (nSPS) is 11.5. The van der Waals surface area contributed by atoms with E-state index in [1.54, 1.807) is 0 Å². The third-order valence-corrected chi connectivity index (χ3v) is 7.89. The summed E-state index contributed by atoms with van der Waals surface area (Å²) >= 11 is 0. The first kappa shape index (κ1) is 22.6. The zero-order chi connectivity index (χ0) is 26.5. The second-order valence-corrected chi connectivity index (χ2v) is 10.3. The van der Waals surface area contributed by atoms with Crippen molar-refractivity contribution in [3.8, 4) is 33.5 Å². The fourth-order valence-electron chi connectivity index (χ4n) is 5.88. The Labute approximate surface area is 232 Å². The molecule has 2 heterocycles. The van der Waals surface area contributed by atoms with Crippen molar-refractivity contribution in [3.05, 3.63) is 146 Å². The van der Waals surface area contributed by atoms with Gasteiger partial charge in [-0.3, -0.25) is 4.98 Å². The van der Waals surface area contributed by atoms with Gasteiger partial charge >= 0.3 is 0 Å². The summed E-state index contributed by atoms with van der Waals surface area (Å²) in [5.74, 6) is 0. The Hall–Kier alpha value is -5.34. The van der Waals surface area contributed by atoms with Gasteiger partial charge in [-0.05, 0) is 68.1 Å². The van der Waals surface area contributed by atoms with Crippen LogP contribution in [0.25, 0.3) is 76.9 Å². The zero-order valence-electron chi connectivity index (χ0n) is 21.8. The minimum absolute atomic E-state index is 0.938. The lowest BCUT2D eigenvalue weighted by molar-refractivity contribution is 1.37. The first-order valence-corrected chi connectivity index (χ1v) is 13.6. The van der Waals surface area contributed by atoms with Crippen LogP contribution in [0.4, 0.5) is 0 Å². The van der Waals surface area contributed by atoms with E-state index in [1.165, 1.54) is 43.8 Å². The van der Waals surface area contributed by atoms with Crippen LogP contribution >= 0.6 is 0 Å². The first-order chi connectivity index (χ1) is 19.8. The molecule has 6 aromatic carbocycles. The number of hydrogen-bond donors (Lipinski definition) is 0. The number of aromatic nitrogens is 2. The van der Waals surface area contributed by atoms with E-state index in [0.717, 1.165) is 33.1 Å². The van der Waals surface area contributed by atoms with Gasteiger partial charge in [0.05, 0.1) is 16.7 Å². The largest absolute Gasteiger partial charge is 0.254 e. The zero-order valence-corrected chi connectivity index (χ0v) is 21.8. The number of hydrogen-bond acceptors (Lipinski definition) is 2. The summed E-state index contributed by atoms with van der Waals surface area (Å²) in [5.41, 5.74) is 8.76. The number of nitrogens with zero attached hydrogens (tertiary/aromatic N) is 2. The molecule has 2 nitrogen and oxygen atoms in total. The van der Waals surface area contributed by atoms with E-state index in [1.807, 2.05) is 12.3 Å². The Bertz CT molecular complexity index is 2210. The standard InChI is InChI=1S/C38H24N2/c1-2-11-32-30(7-1)24-35(34-13-4-3-12-33(32)34)26-16-14-25(15-17-26)29-8-5-9-31(23-29)36-21-20-28-19-18-27-10-6-22-39-37(27)38(28)40-36/h1-24H. The van der Waals surface area contributed by atoms with Gasteiger partial charge in [0.1, 0.15) is 0 Å². The Morgan fingerprint density at radius 3 is 1.93 bits per heavy atom. The van der Waals surface area contributed by atoms with Gasteiger partial charge in [-0.1, -0.05) is 115 Å². The lowest BCUT2D eigenvalue weighted by atomic mass is 9.92. The minimum Gasteiger partial charge on any atom is -0.254 e. The summed E-state index contributed by atoms with van der Waals surface area (Å²) in [6.07, 6.45) is 1.83. The van der Waals surface area contributed by atoms with Gasteiger partial charge in [-0.2, -0.15) is 0 Å². The molecule has 186 valence electrons. The Balaban J connectivity index is 1.19. The highest BCUT2D eigenvalue weighted by molar-refractivity contribution is 6.13. The molecule has 0 atom stereocenters. The molecule has 0 fully saturated rings. The summed E-state index contributed by atoms with van der Waals surface area (Å²) in [7, 11) is 0. The van der Waals surface area contributed by atoms with E-state index in [-0.39, 0.29) is 0 Å². The molecule has 2 heteroatoms. The molecule has 8 rings (SSSR count). The molecular weight excluding hydrogens is 484 g/mol. The maximum absolute atomic E-state index is 5.05. The molecule has 0 aliphatic carbocycles. The van der Waals surface area contributed by atoms with Crippen LogP contribution in [0.1, 0.15) is 0 Å². The molecule has 0 spiro atoms. The SMILES string of the molecule is c1cc(-c2ccc(-c3cc4ccccc4c4ccccc34)cc2)cc(-c2ccc3ccc4cccnc4c3n2)c1. The van der Waals surface area contributed by atoms with E-state index in [9.17, 15) is 0 Å². The van der Waals surface area contributed by atoms with Crippen LogP contribution in [-0.4, -0.2) is 9.97 Å². The maximum Gasteiger partial charge on any atom is 0.0972 e. The van der Waals surface area contributed by atoms with Crippen molar-refractivity contribution < 1.29 is 0 Å². The predicted molar refractivity (Wildman–Crippen MR) is 168 cm³/mol. The smallest absolute Gasteiger partial charge is 0.0972 e. The Morgan fingerprint density at radius 2 is 1.05 bits per heavy atom. The van der Waals surface area contributed by atoms with E-state index in [4.69, 9.17) is 4.98 Å². The molecule has 0 bridgehead atoms. The van der Waals surface area contributed by atoms with E-state index in [2.05, 4.69) is 138 Å². The van der Waals surface area contributed by atoms with Gasteiger partial charge in [-0.25, -0.2) is 4.98 Å². The number of rotatable bonds is 3. The van der Waals surface area contributed by atoms with E-state index < -0.39 is 0 Å². The molecule has 0 saturated carbocycles. The molecule has 0 aliphatic heterocycles. The van der Waals surface area contributed by atoms with Gasteiger partial charge in [0, 0.05) is 22.5 Å². The highest BCUT2D eigenvalue weighted by Crippen LogP contribution is 2.36. The average Bonchev–Trinajstić information content (AvgIpc) is 3.04.